The molecule has 2 aromatic carbocycles. The molecular formula is C23H32N2. The fourth-order valence-corrected chi connectivity index (χ4v) is 3.81. The summed E-state index contributed by atoms with van der Waals surface area (Å²) in [6.07, 6.45) is 6.35. The predicted molar refractivity (Wildman–Crippen MR) is 107 cm³/mol. The van der Waals surface area contributed by atoms with E-state index in [4.69, 9.17) is 0 Å². The Hall–Kier alpha value is -1.64. The zero-order chi connectivity index (χ0) is 17.5. The molecule has 0 aliphatic heterocycles. The van der Waals surface area contributed by atoms with Gasteiger partial charge < -0.3 is 10.6 Å². The Kier molecular flexibility index (Phi) is 6.66. The lowest BCUT2D eigenvalue weighted by Gasteiger charge is -2.33. The van der Waals surface area contributed by atoms with Gasteiger partial charge in [0.1, 0.15) is 0 Å². The maximum Gasteiger partial charge on any atom is 0.0224 e. The van der Waals surface area contributed by atoms with E-state index in [1.807, 2.05) is 0 Å². The third-order valence-electron chi connectivity index (χ3n) is 5.58. The maximum absolute atomic E-state index is 3.82. The summed E-state index contributed by atoms with van der Waals surface area (Å²) >= 11 is 0. The molecule has 2 nitrogen and oxygen atoms in total. The lowest BCUT2D eigenvalue weighted by Crippen LogP contribution is -2.49. The van der Waals surface area contributed by atoms with Crippen LogP contribution in [0.1, 0.15) is 54.9 Å². The van der Waals surface area contributed by atoms with Crippen LogP contribution in [0.2, 0.25) is 0 Å². The normalized spacial score (nSPS) is 20.6. The Morgan fingerprint density at radius 1 is 0.800 bits per heavy atom. The smallest absolute Gasteiger partial charge is 0.0224 e. The molecule has 2 heteroatoms. The Morgan fingerprint density at radius 3 is 2.04 bits per heavy atom. The summed E-state index contributed by atoms with van der Waals surface area (Å²) in [5.41, 5.74) is 5.60. The van der Waals surface area contributed by atoms with Crippen LogP contribution >= 0.6 is 0 Å². The molecular weight excluding hydrogens is 304 g/mol. The monoisotopic (exact) mass is 336 g/mol. The van der Waals surface area contributed by atoms with E-state index in [0.29, 0.717) is 12.1 Å². The molecule has 0 spiro atoms. The van der Waals surface area contributed by atoms with Gasteiger partial charge in [-0.25, -0.2) is 0 Å². The summed E-state index contributed by atoms with van der Waals surface area (Å²) in [5, 5.41) is 7.63. The van der Waals surface area contributed by atoms with Crippen LogP contribution in [-0.4, -0.2) is 12.1 Å². The van der Waals surface area contributed by atoms with Crippen molar-refractivity contribution < 1.29 is 0 Å². The molecule has 2 aromatic rings. The van der Waals surface area contributed by atoms with E-state index in [9.17, 15) is 0 Å². The molecule has 0 saturated heterocycles. The lowest BCUT2D eigenvalue weighted by molar-refractivity contribution is 0.281. The molecule has 0 bridgehead atoms. The van der Waals surface area contributed by atoms with E-state index in [-0.39, 0.29) is 0 Å². The predicted octanol–water partition coefficient (Wildman–Crippen LogP) is 4.75. The number of benzene rings is 2. The fraction of sp³-hybridized carbons (Fsp3) is 0.478. The number of hydrogen-bond acceptors (Lipinski definition) is 2. The minimum atomic E-state index is 0.572. The van der Waals surface area contributed by atoms with Gasteiger partial charge in [-0.05, 0) is 48.4 Å². The first-order chi connectivity index (χ1) is 12.3. The van der Waals surface area contributed by atoms with Crippen molar-refractivity contribution in [1.82, 2.24) is 10.6 Å². The van der Waals surface area contributed by atoms with Crippen molar-refractivity contribution in [2.45, 2.75) is 71.1 Å². The molecule has 2 atom stereocenters. The summed E-state index contributed by atoms with van der Waals surface area (Å²) in [5.74, 6) is 0. The zero-order valence-electron chi connectivity index (χ0n) is 15.7. The molecule has 1 aliphatic carbocycles. The van der Waals surface area contributed by atoms with Crippen molar-refractivity contribution in [1.29, 1.82) is 0 Å². The van der Waals surface area contributed by atoms with Gasteiger partial charge in [-0.3, -0.25) is 0 Å². The summed E-state index contributed by atoms with van der Waals surface area (Å²) in [4.78, 5) is 0. The Bertz CT molecular complexity index is 647. The quantitative estimate of drug-likeness (QED) is 0.762. The standard InChI is InChI=1S/C23H32N2/c1-3-19-12-14-20(15-13-19)16-24-22-10-6-7-11-23(22)25-17-21-9-5-4-8-18(21)2/h4-5,8-9,12-15,22-25H,3,6-7,10-11,16-17H2,1-2H3. The minimum Gasteiger partial charge on any atom is -0.308 e. The molecule has 0 amide bonds. The summed E-state index contributed by atoms with van der Waals surface area (Å²) in [7, 11) is 0. The van der Waals surface area contributed by atoms with Crippen molar-refractivity contribution >= 4 is 0 Å². The Morgan fingerprint density at radius 2 is 1.40 bits per heavy atom. The van der Waals surface area contributed by atoms with Gasteiger partial charge in [0.25, 0.3) is 0 Å². The minimum absolute atomic E-state index is 0.572. The largest absolute Gasteiger partial charge is 0.308 e. The second-order valence-corrected chi connectivity index (χ2v) is 7.36. The fourth-order valence-electron chi connectivity index (χ4n) is 3.81. The van der Waals surface area contributed by atoms with Crippen molar-refractivity contribution in [2.24, 2.45) is 0 Å². The van der Waals surface area contributed by atoms with Crippen LogP contribution < -0.4 is 10.6 Å². The molecule has 2 unspecified atom stereocenters. The van der Waals surface area contributed by atoms with Gasteiger partial charge in [-0.15, -0.1) is 0 Å². The number of hydrogen-bond donors (Lipinski definition) is 2. The highest BCUT2D eigenvalue weighted by molar-refractivity contribution is 5.25. The Balaban J connectivity index is 1.54. The van der Waals surface area contributed by atoms with Crippen LogP contribution in [0.25, 0.3) is 0 Å². The van der Waals surface area contributed by atoms with Gasteiger partial charge in [0.05, 0.1) is 0 Å². The van der Waals surface area contributed by atoms with E-state index in [1.165, 1.54) is 47.9 Å². The van der Waals surface area contributed by atoms with Crippen LogP contribution in [0.5, 0.6) is 0 Å². The molecule has 1 aliphatic rings. The summed E-state index contributed by atoms with van der Waals surface area (Å²) < 4.78 is 0. The molecule has 1 saturated carbocycles. The topological polar surface area (TPSA) is 24.1 Å². The molecule has 0 aromatic heterocycles. The molecule has 1 fully saturated rings. The highest BCUT2D eigenvalue weighted by Gasteiger charge is 2.24. The third-order valence-corrected chi connectivity index (χ3v) is 5.58. The molecule has 25 heavy (non-hydrogen) atoms. The van der Waals surface area contributed by atoms with Crippen LogP contribution in [0.4, 0.5) is 0 Å². The van der Waals surface area contributed by atoms with E-state index in [0.717, 1.165) is 19.5 Å². The average Bonchev–Trinajstić information content (AvgIpc) is 2.67. The second-order valence-electron chi connectivity index (χ2n) is 7.36. The van der Waals surface area contributed by atoms with E-state index in [1.54, 1.807) is 0 Å². The highest BCUT2D eigenvalue weighted by Crippen LogP contribution is 2.20. The van der Waals surface area contributed by atoms with Gasteiger partial charge in [0.15, 0.2) is 0 Å². The van der Waals surface area contributed by atoms with E-state index < -0.39 is 0 Å². The molecule has 2 N–H and O–H groups in total. The Labute approximate surface area is 153 Å². The lowest BCUT2D eigenvalue weighted by atomic mass is 9.89. The van der Waals surface area contributed by atoms with Gasteiger partial charge in [0.2, 0.25) is 0 Å². The molecule has 0 heterocycles. The number of nitrogens with one attached hydrogen (secondary N) is 2. The van der Waals surface area contributed by atoms with Crippen LogP contribution in [0, 0.1) is 6.92 Å². The zero-order valence-corrected chi connectivity index (χ0v) is 15.7. The van der Waals surface area contributed by atoms with Gasteiger partial charge >= 0.3 is 0 Å². The summed E-state index contributed by atoms with van der Waals surface area (Å²) in [6.45, 7) is 6.35. The van der Waals surface area contributed by atoms with Crippen molar-refractivity contribution in [3.63, 3.8) is 0 Å². The average molecular weight is 337 g/mol. The first kappa shape index (κ1) is 18.2. The van der Waals surface area contributed by atoms with Crippen LogP contribution in [-0.2, 0) is 19.5 Å². The highest BCUT2D eigenvalue weighted by atomic mass is 15.0. The summed E-state index contributed by atoms with van der Waals surface area (Å²) in [6, 6.07) is 18.9. The second kappa shape index (κ2) is 9.17. The van der Waals surface area contributed by atoms with Crippen LogP contribution in [0.15, 0.2) is 48.5 Å². The van der Waals surface area contributed by atoms with E-state index >= 15 is 0 Å². The van der Waals surface area contributed by atoms with Crippen LogP contribution in [0.3, 0.4) is 0 Å². The molecule has 0 radical (unpaired) electrons. The molecule has 134 valence electrons. The third kappa shape index (κ3) is 5.17. The van der Waals surface area contributed by atoms with Gasteiger partial charge in [-0.1, -0.05) is 68.3 Å². The van der Waals surface area contributed by atoms with Gasteiger partial charge in [-0.2, -0.15) is 0 Å². The number of aryl methyl sites for hydroxylation is 2. The van der Waals surface area contributed by atoms with Gasteiger partial charge in [0, 0.05) is 25.2 Å². The molecule has 3 rings (SSSR count). The first-order valence-corrected chi connectivity index (χ1v) is 9.85. The van der Waals surface area contributed by atoms with E-state index in [2.05, 4.69) is 73.0 Å². The van der Waals surface area contributed by atoms with Crippen molar-refractivity contribution in [2.75, 3.05) is 0 Å². The first-order valence-electron chi connectivity index (χ1n) is 9.85. The van der Waals surface area contributed by atoms with Crippen molar-refractivity contribution in [3.05, 3.63) is 70.8 Å². The maximum atomic E-state index is 3.82. The number of rotatable bonds is 7. The van der Waals surface area contributed by atoms with Crippen molar-refractivity contribution in [3.8, 4) is 0 Å². The SMILES string of the molecule is CCc1ccc(CNC2CCCCC2NCc2ccccc2C)cc1.